The molecule has 0 radical (unpaired) electrons. The third kappa shape index (κ3) is 4.98. The SMILES string of the molecule is C[C@@H]1Cc2c([nH]c3ccccc23)C(c2c(F)cc([C@H](O)C3CN(CCCF)C3)cc2F)N1CC(F)(F)F. The van der Waals surface area contributed by atoms with E-state index in [1.54, 1.807) is 19.1 Å². The molecule has 0 saturated carbocycles. The molecule has 2 N–H and O–H groups in total. The first-order valence-electron chi connectivity index (χ1n) is 12.4. The van der Waals surface area contributed by atoms with Crippen LogP contribution < -0.4 is 0 Å². The van der Waals surface area contributed by atoms with E-state index in [0.29, 0.717) is 43.7 Å². The summed E-state index contributed by atoms with van der Waals surface area (Å²) in [6.07, 6.45) is -5.03. The van der Waals surface area contributed by atoms with Crippen molar-refractivity contribution in [2.75, 3.05) is 32.9 Å². The van der Waals surface area contributed by atoms with Gasteiger partial charge in [-0.15, -0.1) is 0 Å². The van der Waals surface area contributed by atoms with E-state index in [1.807, 2.05) is 17.0 Å². The average Bonchev–Trinajstić information content (AvgIpc) is 3.16. The minimum atomic E-state index is -4.57. The molecule has 4 nitrogen and oxygen atoms in total. The van der Waals surface area contributed by atoms with Gasteiger partial charge in [-0.3, -0.25) is 9.29 Å². The van der Waals surface area contributed by atoms with E-state index in [-0.39, 0.29) is 11.5 Å². The Hall–Kier alpha value is -2.56. The Morgan fingerprint density at radius 3 is 2.43 bits per heavy atom. The van der Waals surface area contributed by atoms with Crippen LogP contribution in [0.15, 0.2) is 36.4 Å². The Morgan fingerprint density at radius 2 is 1.78 bits per heavy atom. The number of likely N-dealkylation sites (tertiary alicyclic amines) is 1. The lowest BCUT2D eigenvalue weighted by Gasteiger charge is -2.42. The number of aromatic nitrogens is 1. The summed E-state index contributed by atoms with van der Waals surface area (Å²) >= 11 is 0. The van der Waals surface area contributed by atoms with Crippen molar-refractivity contribution in [2.45, 2.75) is 44.1 Å². The minimum Gasteiger partial charge on any atom is -0.388 e. The number of nitrogens with one attached hydrogen (secondary N) is 1. The second-order valence-corrected chi connectivity index (χ2v) is 10.2. The van der Waals surface area contributed by atoms with E-state index in [9.17, 15) is 22.7 Å². The standard InChI is InChI=1S/C27H29F6N3O/c1-15-9-19-18-5-2-3-6-22(18)34-24(19)25(36(15)14-27(31,32)33)23-20(29)10-16(11-21(23)30)26(37)17-12-35(13-17)8-4-7-28/h2-3,5-6,10-11,15,17,25-26,34,37H,4,7-9,12-14H2,1H3/t15-,25?,26+/m1/s1. The van der Waals surface area contributed by atoms with Crippen LogP contribution in [0.5, 0.6) is 0 Å². The summed E-state index contributed by atoms with van der Waals surface area (Å²) in [5.41, 5.74) is 1.35. The molecule has 0 amide bonds. The van der Waals surface area contributed by atoms with E-state index >= 15 is 8.78 Å². The van der Waals surface area contributed by atoms with E-state index < -0.39 is 54.8 Å². The van der Waals surface area contributed by atoms with Gasteiger partial charge in [-0.05, 0) is 49.1 Å². The summed E-state index contributed by atoms with van der Waals surface area (Å²) in [6.45, 7) is 1.36. The van der Waals surface area contributed by atoms with Gasteiger partial charge in [0.1, 0.15) is 11.6 Å². The summed E-state index contributed by atoms with van der Waals surface area (Å²) in [4.78, 5) is 6.16. The largest absolute Gasteiger partial charge is 0.401 e. The zero-order valence-corrected chi connectivity index (χ0v) is 20.3. The average molecular weight is 526 g/mol. The molecule has 0 aliphatic carbocycles. The minimum absolute atomic E-state index is 0.0389. The molecular formula is C27H29F6N3O. The Morgan fingerprint density at radius 1 is 1.11 bits per heavy atom. The van der Waals surface area contributed by atoms with E-state index in [4.69, 9.17) is 0 Å². The first-order valence-corrected chi connectivity index (χ1v) is 12.4. The Bertz CT molecular complexity index is 1250. The van der Waals surface area contributed by atoms with Gasteiger partial charge in [0, 0.05) is 53.8 Å². The van der Waals surface area contributed by atoms with E-state index in [1.165, 1.54) is 0 Å². The number of hydrogen-bond acceptors (Lipinski definition) is 3. The molecule has 1 aromatic heterocycles. The Balaban J connectivity index is 1.52. The zero-order valence-electron chi connectivity index (χ0n) is 20.3. The second-order valence-electron chi connectivity index (χ2n) is 10.2. The van der Waals surface area contributed by atoms with Crippen molar-refractivity contribution >= 4 is 10.9 Å². The van der Waals surface area contributed by atoms with Gasteiger partial charge in [-0.25, -0.2) is 8.78 Å². The van der Waals surface area contributed by atoms with Crippen LogP contribution in [-0.2, 0) is 6.42 Å². The van der Waals surface area contributed by atoms with Crippen molar-refractivity contribution in [2.24, 2.45) is 5.92 Å². The van der Waals surface area contributed by atoms with Crippen molar-refractivity contribution in [3.05, 3.63) is 70.4 Å². The van der Waals surface area contributed by atoms with Crippen molar-refractivity contribution in [1.82, 2.24) is 14.8 Å². The lowest BCUT2D eigenvalue weighted by Crippen LogP contribution is -2.49. The maximum absolute atomic E-state index is 15.6. The molecule has 2 aliphatic heterocycles. The van der Waals surface area contributed by atoms with Gasteiger partial charge < -0.3 is 15.0 Å². The molecule has 0 spiro atoms. The number of fused-ring (bicyclic) bond motifs is 3. The quantitative estimate of drug-likeness (QED) is 0.391. The number of H-pyrrole nitrogens is 1. The molecule has 2 aliphatic rings. The van der Waals surface area contributed by atoms with Crippen molar-refractivity contribution < 1.29 is 31.4 Å². The third-order valence-corrected chi connectivity index (χ3v) is 7.64. The summed E-state index contributed by atoms with van der Waals surface area (Å²) in [5.74, 6) is -2.27. The smallest absolute Gasteiger partial charge is 0.388 e. The van der Waals surface area contributed by atoms with Crippen molar-refractivity contribution in [1.29, 1.82) is 0 Å². The van der Waals surface area contributed by atoms with Crippen LogP contribution in [0.2, 0.25) is 0 Å². The van der Waals surface area contributed by atoms with Crippen LogP contribution in [0.3, 0.4) is 0 Å². The summed E-state index contributed by atoms with van der Waals surface area (Å²) < 4.78 is 84.5. The van der Waals surface area contributed by atoms with Gasteiger partial charge in [-0.1, -0.05) is 18.2 Å². The molecule has 3 heterocycles. The molecule has 3 aromatic rings. The highest BCUT2D eigenvalue weighted by Gasteiger charge is 2.44. The first-order chi connectivity index (χ1) is 17.6. The fourth-order valence-electron chi connectivity index (χ4n) is 5.85. The number of para-hydroxylation sites is 1. The molecule has 200 valence electrons. The van der Waals surface area contributed by atoms with Crippen molar-refractivity contribution in [3.8, 4) is 0 Å². The molecule has 3 atom stereocenters. The fourth-order valence-corrected chi connectivity index (χ4v) is 5.85. The van der Waals surface area contributed by atoms with Gasteiger partial charge in [0.05, 0.1) is 25.4 Å². The Labute approximate surface area is 210 Å². The van der Waals surface area contributed by atoms with E-state index in [2.05, 4.69) is 4.98 Å². The maximum atomic E-state index is 15.6. The summed E-state index contributed by atoms with van der Waals surface area (Å²) in [7, 11) is 0. The maximum Gasteiger partial charge on any atom is 0.401 e. The third-order valence-electron chi connectivity index (χ3n) is 7.64. The molecule has 5 rings (SSSR count). The molecule has 1 unspecified atom stereocenters. The number of hydrogen-bond donors (Lipinski definition) is 2. The fraction of sp³-hybridized carbons (Fsp3) is 0.481. The molecule has 2 aromatic carbocycles. The molecule has 10 heteroatoms. The molecule has 1 saturated heterocycles. The normalized spacial score (nSPS) is 22.3. The van der Waals surface area contributed by atoms with Crippen LogP contribution in [0.25, 0.3) is 10.9 Å². The molecule has 1 fully saturated rings. The van der Waals surface area contributed by atoms with Gasteiger partial charge in [-0.2, -0.15) is 13.2 Å². The number of aliphatic hydroxyl groups excluding tert-OH is 1. The topological polar surface area (TPSA) is 42.5 Å². The monoisotopic (exact) mass is 525 g/mol. The van der Waals surface area contributed by atoms with Gasteiger partial charge in [0.2, 0.25) is 0 Å². The highest BCUT2D eigenvalue weighted by Crippen LogP contribution is 2.44. The number of aromatic amines is 1. The van der Waals surface area contributed by atoms with Gasteiger partial charge >= 0.3 is 6.18 Å². The number of benzene rings is 2. The van der Waals surface area contributed by atoms with Crippen LogP contribution >= 0.6 is 0 Å². The van der Waals surface area contributed by atoms with Crippen LogP contribution in [0.1, 0.15) is 47.9 Å². The Kier molecular flexibility index (Phi) is 7.02. The van der Waals surface area contributed by atoms with Crippen LogP contribution in [0.4, 0.5) is 26.3 Å². The lowest BCUT2D eigenvalue weighted by molar-refractivity contribution is -0.155. The summed E-state index contributed by atoms with van der Waals surface area (Å²) in [6, 6.07) is 7.33. The number of alkyl halides is 4. The molecule has 37 heavy (non-hydrogen) atoms. The lowest BCUT2D eigenvalue weighted by atomic mass is 9.85. The molecular weight excluding hydrogens is 496 g/mol. The zero-order chi connectivity index (χ0) is 26.5. The predicted molar refractivity (Wildman–Crippen MR) is 128 cm³/mol. The highest BCUT2D eigenvalue weighted by molar-refractivity contribution is 5.85. The number of aliphatic hydroxyl groups is 1. The van der Waals surface area contributed by atoms with Gasteiger partial charge in [0.15, 0.2) is 0 Å². The predicted octanol–water partition coefficient (Wildman–Crippen LogP) is 5.67. The second kappa shape index (κ2) is 9.96. The van der Waals surface area contributed by atoms with E-state index in [0.717, 1.165) is 28.0 Å². The first kappa shape index (κ1) is 26.1. The number of halogens is 6. The number of rotatable bonds is 7. The van der Waals surface area contributed by atoms with Crippen LogP contribution in [-0.4, -0.2) is 65.0 Å². The number of nitrogens with zero attached hydrogens (tertiary/aromatic N) is 2. The van der Waals surface area contributed by atoms with Gasteiger partial charge in [0.25, 0.3) is 0 Å². The van der Waals surface area contributed by atoms with Crippen molar-refractivity contribution in [3.63, 3.8) is 0 Å². The summed E-state index contributed by atoms with van der Waals surface area (Å²) in [5, 5.41) is 11.6. The van der Waals surface area contributed by atoms with Crippen LogP contribution in [0, 0.1) is 17.6 Å². The molecule has 0 bridgehead atoms. The highest BCUT2D eigenvalue weighted by atomic mass is 19.4.